The van der Waals surface area contributed by atoms with Crippen molar-refractivity contribution in [3.63, 3.8) is 0 Å². The molecular weight excluding hydrogens is 378 g/mol. The van der Waals surface area contributed by atoms with Crippen molar-refractivity contribution in [3.05, 3.63) is 70.0 Å². The molecule has 0 radical (unpaired) electrons. The first kappa shape index (κ1) is 18.1. The van der Waals surface area contributed by atoms with E-state index in [1.165, 1.54) is 6.07 Å². The van der Waals surface area contributed by atoms with Gasteiger partial charge in [0.25, 0.3) is 0 Å². The Morgan fingerprint density at radius 1 is 1.14 bits per heavy atom. The zero-order chi connectivity index (χ0) is 19.5. The lowest BCUT2D eigenvalue weighted by atomic mass is 10.2. The van der Waals surface area contributed by atoms with Crippen molar-refractivity contribution in [1.29, 1.82) is 0 Å². The Bertz CT molecular complexity index is 1210. The molecule has 0 spiro atoms. The minimum Gasteiger partial charge on any atom is -0.491 e. The molecule has 0 aliphatic heterocycles. The van der Waals surface area contributed by atoms with Gasteiger partial charge in [-0.3, -0.25) is 0 Å². The maximum Gasteiger partial charge on any atom is 0.338 e. The highest BCUT2D eigenvalue weighted by molar-refractivity contribution is 6.31. The number of nitrogens with two attached hydrogens (primary N) is 1. The minimum atomic E-state index is -0.409. The number of para-hydroxylation sites is 1. The summed E-state index contributed by atoms with van der Waals surface area (Å²) in [5.41, 5.74) is 7.30. The average molecular weight is 396 g/mol. The number of hydrogen-bond donors (Lipinski definition) is 2. The molecule has 0 bridgehead atoms. The molecule has 3 N–H and O–H groups in total. The molecule has 2 aromatic heterocycles. The summed E-state index contributed by atoms with van der Waals surface area (Å²) in [5, 5.41) is 5.57. The fourth-order valence-electron chi connectivity index (χ4n) is 3.01. The van der Waals surface area contributed by atoms with E-state index in [4.69, 9.17) is 26.5 Å². The molecule has 0 unspecified atom stereocenters. The normalized spacial score (nSPS) is 11.0. The fourth-order valence-corrected chi connectivity index (χ4v) is 3.18. The fraction of sp³-hybridized carbons (Fsp3) is 0.143. The second-order valence-corrected chi connectivity index (χ2v) is 6.75. The summed E-state index contributed by atoms with van der Waals surface area (Å²) < 4.78 is 11.1. The van der Waals surface area contributed by atoms with Crippen LogP contribution in [0, 0.1) is 0 Å². The van der Waals surface area contributed by atoms with Gasteiger partial charge < -0.3 is 20.2 Å². The summed E-state index contributed by atoms with van der Waals surface area (Å²) in [6.07, 6.45) is 0.723. The van der Waals surface area contributed by atoms with Crippen LogP contribution in [0.2, 0.25) is 5.02 Å². The molecule has 0 aliphatic rings. The van der Waals surface area contributed by atoms with E-state index in [-0.39, 0.29) is 0 Å². The maximum absolute atomic E-state index is 11.7. The van der Waals surface area contributed by atoms with Crippen LogP contribution >= 0.6 is 11.6 Å². The van der Waals surface area contributed by atoms with Crippen LogP contribution in [0.3, 0.4) is 0 Å². The highest BCUT2D eigenvalue weighted by atomic mass is 35.5. The highest BCUT2D eigenvalue weighted by Crippen LogP contribution is 2.26. The van der Waals surface area contributed by atoms with Crippen molar-refractivity contribution < 1.29 is 9.15 Å². The molecule has 2 aromatic carbocycles. The number of fused-ring (bicyclic) bond motifs is 2. The lowest BCUT2D eigenvalue weighted by molar-refractivity contribution is 0.318. The first-order valence-corrected chi connectivity index (χ1v) is 9.23. The van der Waals surface area contributed by atoms with E-state index in [2.05, 4.69) is 10.3 Å². The van der Waals surface area contributed by atoms with Crippen molar-refractivity contribution in [2.24, 2.45) is 0 Å². The quantitative estimate of drug-likeness (QED) is 0.370. The van der Waals surface area contributed by atoms with Gasteiger partial charge in [-0.2, -0.15) is 0 Å². The van der Waals surface area contributed by atoms with E-state index in [0.29, 0.717) is 41.0 Å². The van der Waals surface area contributed by atoms with E-state index >= 15 is 0 Å². The van der Waals surface area contributed by atoms with Crippen LogP contribution in [0.25, 0.3) is 21.9 Å². The van der Waals surface area contributed by atoms with Gasteiger partial charge in [-0.25, -0.2) is 9.78 Å². The van der Waals surface area contributed by atoms with Gasteiger partial charge in [0, 0.05) is 28.4 Å². The SMILES string of the molecule is Nc1ccc2cccc(OCCCNc3cc(=O)oc4ccc(Cl)cc34)c2n1. The largest absolute Gasteiger partial charge is 0.491 e. The molecule has 0 aliphatic carbocycles. The van der Waals surface area contributed by atoms with Crippen LogP contribution < -0.4 is 21.4 Å². The zero-order valence-corrected chi connectivity index (χ0v) is 15.7. The molecule has 142 valence electrons. The molecule has 0 atom stereocenters. The van der Waals surface area contributed by atoms with Gasteiger partial charge in [0.1, 0.15) is 22.7 Å². The molecule has 4 rings (SSSR count). The third kappa shape index (κ3) is 3.87. The molecule has 7 heteroatoms. The Morgan fingerprint density at radius 2 is 2.04 bits per heavy atom. The second-order valence-electron chi connectivity index (χ2n) is 6.31. The Hall–Kier alpha value is -3.25. The topological polar surface area (TPSA) is 90.4 Å². The molecule has 2 heterocycles. The van der Waals surface area contributed by atoms with Crippen LogP contribution in [0.5, 0.6) is 5.75 Å². The molecule has 4 aromatic rings. The van der Waals surface area contributed by atoms with E-state index in [1.54, 1.807) is 24.3 Å². The van der Waals surface area contributed by atoms with Crippen molar-refractivity contribution in [2.45, 2.75) is 6.42 Å². The van der Waals surface area contributed by atoms with Gasteiger partial charge in [-0.05, 0) is 42.8 Å². The van der Waals surface area contributed by atoms with Gasteiger partial charge >= 0.3 is 5.63 Å². The Labute approximate surface area is 165 Å². The lowest BCUT2D eigenvalue weighted by Gasteiger charge is -2.11. The lowest BCUT2D eigenvalue weighted by Crippen LogP contribution is -2.10. The molecular formula is C21H18ClN3O3. The highest BCUT2D eigenvalue weighted by Gasteiger charge is 2.07. The first-order chi connectivity index (χ1) is 13.6. The molecule has 28 heavy (non-hydrogen) atoms. The van der Waals surface area contributed by atoms with Crippen LogP contribution in [0.4, 0.5) is 11.5 Å². The number of nitrogens with one attached hydrogen (secondary N) is 1. The first-order valence-electron chi connectivity index (χ1n) is 8.85. The zero-order valence-electron chi connectivity index (χ0n) is 14.9. The van der Waals surface area contributed by atoms with Gasteiger partial charge in [-0.1, -0.05) is 23.7 Å². The van der Waals surface area contributed by atoms with Crippen LogP contribution in [-0.2, 0) is 0 Å². The molecule has 0 amide bonds. The summed E-state index contributed by atoms with van der Waals surface area (Å²) in [6.45, 7) is 1.11. The predicted octanol–water partition coefficient (Wildman–Crippen LogP) is 4.46. The number of nitrogens with zero attached hydrogens (tertiary/aromatic N) is 1. The monoisotopic (exact) mass is 395 g/mol. The average Bonchev–Trinajstić information content (AvgIpc) is 2.68. The van der Waals surface area contributed by atoms with Crippen molar-refractivity contribution in [3.8, 4) is 5.75 Å². The number of nitrogen functional groups attached to an aromatic ring is 1. The summed E-state index contributed by atoms with van der Waals surface area (Å²) >= 11 is 6.06. The Kier molecular flexibility index (Phi) is 5.04. The molecule has 0 fully saturated rings. The number of pyridine rings is 1. The Morgan fingerprint density at radius 3 is 2.93 bits per heavy atom. The number of aromatic nitrogens is 1. The molecule has 0 saturated heterocycles. The summed E-state index contributed by atoms with van der Waals surface area (Å²) in [6, 6.07) is 16.0. The van der Waals surface area contributed by atoms with Gasteiger partial charge in [0.2, 0.25) is 0 Å². The number of rotatable bonds is 6. The smallest absolute Gasteiger partial charge is 0.338 e. The van der Waals surface area contributed by atoms with Crippen LogP contribution in [0.15, 0.2) is 63.8 Å². The maximum atomic E-state index is 11.7. The minimum absolute atomic E-state index is 0.409. The number of halogens is 1. The summed E-state index contributed by atoms with van der Waals surface area (Å²) in [7, 11) is 0. The van der Waals surface area contributed by atoms with Gasteiger partial charge in [0.05, 0.1) is 12.3 Å². The van der Waals surface area contributed by atoms with Crippen molar-refractivity contribution in [1.82, 2.24) is 4.98 Å². The van der Waals surface area contributed by atoms with Gasteiger partial charge in [-0.15, -0.1) is 0 Å². The molecule has 0 saturated carbocycles. The third-order valence-electron chi connectivity index (χ3n) is 4.30. The number of benzene rings is 2. The predicted molar refractivity (Wildman–Crippen MR) is 112 cm³/mol. The van der Waals surface area contributed by atoms with Crippen molar-refractivity contribution in [2.75, 3.05) is 24.2 Å². The standard InChI is InChI=1S/C21H18ClN3O3/c22-14-6-7-17-15(11-14)16(12-20(26)28-17)24-9-2-10-27-18-4-1-3-13-5-8-19(23)25-21(13)18/h1,3-8,11-12,24H,2,9-10H2,(H2,23,25). The van der Waals surface area contributed by atoms with Crippen molar-refractivity contribution >= 4 is 45.0 Å². The number of ether oxygens (including phenoxy) is 1. The van der Waals surface area contributed by atoms with Gasteiger partial charge in [0.15, 0.2) is 0 Å². The summed E-state index contributed by atoms with van der Waals surface area (Å²) in [5.74, 6) is 1.15. The number of anilines is 2. The van der Waals surface area contributed by atoms with E-state index < -0.39 is 5.63 Å². The Balaban J connectivity index is 1.41. The third-order valence-corrected chi connectivity index (χ3v) is 4.54. The summed E-state index contributed by atoms with van der Waals surface area (Å²) in [4.78, 5) is 16.1. The van der Waals surface area contributed by atoms with E-state index in [0.717, 1.165) is 22.7 Å². The van der Waals surface area contributed by atoms with E-state index in [9.17, 15) is 4.79 Å². The van der Waals surface area contributed by atoms with Crippen LogP contribution in [0.1, 0.15) is 6.42 Å². The van der Waals surface area contributed by atoms with Crippen LogP contribution in [-0.4, -0.2) is 18.1 Å². The molecule has 6 nitrogen and oxygen atoms in total. The second kappa shape index (κ2) is 7.78. The van der Waals surface area contributed by atoms with E-state index in [1.807, 2.05) is 24.3 Å². The number of hydrogen-bond acceptors (Lipinski definition) is 6.